The minimum absolute atomic E-state index is 0.316. The van der Waals surface area contributed by atoms with E-state index >= 15 is 0 Å². The predicted octanol–water partition coefficient (Wildman–Crippen LogP) is 3.68. The van der Waals surface area contributed by atoms with Gasteiger partial charge in [0.2, 0.25) is 0 Å². The van der Waals surface area contributed by atoms with E-state index in [1.807, 2.05) is 13.0 Å². The van der Waals surface area contributed by atoms with E-state index in [1.54, 1.807) is 12.1 Å². The van der Waals surface area contributed by atoms with E-state index in [0.717, 1.165) is 12.1 Å². The first kappa shape index (κ1) is 15.7. The Morgan fingerprint density at radius 2 is 2.14 bits per heavy atom. The average molecular weight is 290 g/mol. The molecule has 3 unspecified atom stereocenters. The van der Waals surface area contributed by atoms with Crippen molar-refractivity contribution >= 4 is 17.3 Å². The Hall–Kier alpha value is -1.71. The van der Waals surface area contributed by atoms with Gasteiger partial charge in [-0.2, -0.15) is 0 Å². The molecule has 4 heteroatoms. The van der Waals surface area contributed by atoms with E-state index in [9.17, 15) is 4.79 Å². The Bertz CT molecular complexity index is 502. The molecule has 2 rings (SSSR count). The third kappa shape index (κ3) is 3.49. The zero-order valence-corrected chi connectivity index (χ0v) is 13.2. The van der Waals surface area contributed by atoms with E-state index in [1.165, 1.54) is 12.8 Å². The standard InChI is InChI=1S/C17H26N2O2/c1-4-21-17(20)13-8-6-9-14(18)16(13)19-15-10-5-7-11(2)12(15)3/h6,8-9,11-12,15,19H,4-5,7,10,18H2,1-3H3. The highest BCUT2D eigenvalue weighted by Crippen LogP contribution is 2.34. The first-order chi connectivity index (χ1) is 10.0. The third-order valence-electron chi connectivity index (χ3n) is 4.63. The number of nitrogens with one attached hydrogen (secondary N) is 1. The molecule has 0 amide bonds. The van der Waals surface area contributed by atoms with Crippen LogP contribution in [0.15, 0.2) is 18.2 Å². The highest BCUT2D eigenvalue weighted by Gasteiger charge is 2.28. The quantitative estimate of drug-likeness (QED) is 0.656. The van der Waals surface area contributed by atoms with E-state index in [-0.39, 0.29) is 5.97 Å². The van der Waals surface area contributed by atoms with Gasteiger partial charge in [-0.25, -0.2) is 4.79 Å². The van der Waals surface area contributed by atoms with Crippen molar-refractivity contribution in [1.82, 2.24) is 0 Å². The molecule has 0 aromatic heterocycles. The SMILES string of the molecule is CCOC(=O)c1cccc(N)c1NC1CCCC(C)C1C. The number of nitrogen functional groups attached to an aromatic ring is 1. The van der Waals surface area contributed by atoms with Gasteiger partial charge < -0.3 is 15.8 Å². The van der Waals surface area contributed by atoms with Gasteiger partial charge in [0.15, 0.2) is 0 Å². The summed E-state index contributed by atoms with van der Waals surface area (Å²) in [6.07, 6.45) is 3.60. The van der Waals surface area contributed by atoms with Crippen LogP contribution in [0.1, 0.15) is 50.4 Å². The first-order valence-electron chi connectivity index (χ1n) is 7.86. The van der Waals surface area contributed by atoms with Crippen LogP contribution in [0.2, 0.25) is 0 Å². The van der Waals surface area contributed by atoms with Crippen LogP contribution in [0.4, 0.5) is 11.4 Å². The molecule has 1 aliphatic rings. The first-order valence-corrected chi connectivity index (χ1v) is 7.86. The lowest BCUT2D eigenvalue weighted by molar-refractivity contribution is 0.0527. The summed E-state index contributed by atoms with van der Waals surface area (Å²) in [4.78, 5) is 12.1. The predicted molar refractivity (Wildman–Crippen MR) is 86.4 cm³/mol. The molecule has 4 nitrogen and oxygen atoms in total. The maximum atomic E-state index is 12.1. The summed E-state index contributed by atoms with van der Waals surface area (Å²) < 4.78 is 5.13. The van der Waals surface area contributed by atoms with Crippen LogP contribution in [-0.4, -0.2) is 18.6 Å². The van der Waals surface area contributed by atoms with Crippen molar-refractivity contribution in [3.05, 3.63) is 23.8 Å². The molecule has 0 aliphatic heterocycles. The number of hydrogen-bond donors (Lipinski definition) is 2. The third-order valence-corrected chi connectivity index (χ3v) is 4.63. The normalized spacial score (nSPS) is 25.4. The second-order valence-electron chi connectivity index (χ2n) is 6.01. The fourth-order valence-corrected chi connectivity index (χ4v) is 3.08. The summed E-state index contributed by atoms with van der Waals surface area (Å²) in [5, 5.41) is 3.51. The van der Waals surface area contributed by atoms with E-state index in [4.69, 9.17) is 10.5 Å². The van der Waals surface area contributed by atoms with E-state index in [2.05, 4.69) is 19.2 Å². The summed E-state index contributed by atoms with van der Waals surface area (Å²) in [6, 6.07) is 5.74. The van der Waals surface area contributed by atoms with Crippen molar-refractivity contribution in [1.29, 1.82) is 0 Å². The molecular formula is C17H26N2O2. The van der Waals surface area contributed by atoms with Crippen LogP contribution in [-0.2, 0) is 4.74 Å². The molecule has 0 heterocycles. The number of ether oxygens (including phenoxy) is 1. The summed E-state index contributed by atoms with van der Waals surface area (Å²) in [7, 11) is 0. The largest absolute Gasteiger partial charge is 0.462 e. The Morgan fingerprint density at radius 1 is 1.38 bits per heavy atom. The smallest absolute Gasteiger partial charge is 0.340 e. The molecular weight excluding hydrogens is 264 g/mol. The van der Waals surface area contributed by atoms with Crippen LogP contribution in [0.5, 0.6) is 0 Å². The highest BCUT2D eigenvalue weighted by atomic mass is 16.5. The molecule has 1 aromatic rings. The summed E-state index contributed by atoms with van der Waals surface area (Å²) in [6.45, 7) is 6.73. The van der Waals surface area contributed by atoms with Crippen LogP contribution >= 0.6 is 0 Å². The maximum absolute atomic E-state index is 12.1. The second-order valence-corrected chi connectivity index (χ2v) is 6.01. The Balaban J connectivity index is 2.24. The zero-order chi connectivity index (χ0) is 15.4. The Labute approximate surface area is 127 Å². The van der Waals surface area contributed by atoms with Gasteiger partial charge in [-0.15, -0.1) is 0 Å². The molecule has 0 radical (unpaired) electrons. The number of nitrogens with two attached hydrogens (primary N) is 1. The number of carbonyl (C=O) groups is 1. The summed E-state index contributed by atoms with van der Waals surface area (Å²) >= 11 is 0. The van der Waals surface area contributed by atoms with Gasteiger partial charge in [0, 0.05) is 6.04 Å². The van der Waals surface area contributed by atoms with Gasteiger partial charge in [0.25, 0.3) is 0 Å². The van der Waals surface area contributed by atoms with Crippen LogP contribution < -0.4 is 11.1 Å². The van der Waals surface area contributed by atoms with Crippen molar-refractivity contribution in [3.63, 3.8) is 0 Å². The summed E-state index contributed by atoms with van der Waals surface area (Å²) in [5.74, 6) is 0.935. The maximum Gasteiger partial charge on any atom is 0.340 e. The molecule has 1 fully saturated rings. The number of carbonyl (C=O) groups excluding carboxylic acids is 1. The minimum atomic E-state index is -0.316. The summed E-state index contributed by atoms with van der Waals surface area (Å²) in [5.41, 5.74) is 7.94. The fraction of sp³-hybridized carbons (Fsp3) is 0.588. The van der Waals surface area contributed by atoms with Crippen molar-refractivity contribution < 1.29 is 9.53 Å². The highest BCUT2D eigenvalue weighted by molar-refractivity contribution is 5.98. The van der Waals surface area contributed by atoms with E-state index in [0.29, 0.717) is 35.7 Å². The molecule has 1 aliphatic carbocycles. The number of hydrogen-bond acceptors (Lipinski definition) is 4. The molecule has 116 valence electrons. The molecule has 0 spiro atoms. The van der Waals surface area contributed by atoms with Crippen molar-refractivity contribution in [3.8, 4) is 0 Å². The van der Waals surface area contributed by atoms with Gasteiger partial charge in [0.05, 0.1) is 23.5 Å². The van der Waals surface area contributed by atoms with E-state index < -0.39 is 0 Å². The zero-order valence-electron chi connectivity index (χ0n) is 13.2. The Morgan fingerprint density at radius 3 is 2.86 bits per heavy atom. The lowest BCUT2D eigenvalue weighted by Gasteiger charge is -2.35. The van der Waals surface area contributed by atoms with Crippen LogP contribution in [0.3, 0.4) is 0 Å². The van der Waals surface area contributed by atoms with Crippen molar-refractivity contribution in [2.75, 3.05) is 17.7 Å². The number of esters is 1. The number of rotatable bonds is 4. The van der Waals surface area contributed by atoms with Crippen molar-refractivity contribution in [2.45, 2.75) is 46.1 Å². The molecule has 0 saturated heterocycles. The van der Waals surface area contributed by atoms with Gasteiger partial charge in [0.1, 0.15) is 0 Å². The van der Waals surface area contributed by atoms with Gasteiger partial charge >= 0.3 is 5.97 Å². The number of benzene rings is 1. The minimum Gasteiger partial charge on any atom is -0.462 e. The lowest BCUT2D eigenvalue weighted by atomic mass is 9.78. The van der Waals surface area contributed by atoms with Crippen molar-refractivity contribution in [2.24, 2.45) is 11.8 Å². The van der Waals surface area contributed by atoms with Crippen LogP contribution in [0, 0.1) is 11.8 Å². The molecule has 3 atom stereocenters. The van der Waals surface area contributed by atoms with Gasteiger partial charge in [-0.3, -0.25) is 0 Å². The fourth-order valence-electron chi connectivity index (χ4n) is 3.08. The molecule has 21 heavy (non-hydrogen) atoms. The van der Waals surface area contributed by atoms with Gasteiger partial charge in [-0.1, -0.05) is 32.8 Å². The molecule has 0 bridgehead atoms. The number of para-hydroxylation sites is 1. The average Bonchev–Trinajstić information content (AvgIpc) is 2.46. The topological polar surface area (TPSA) is 64.3 Å². The molecule has 1 aromatic carbocycles. The molecule has 3 N–H and O–H groups in total. The molecule has 1 saturated carbocycles. The number of anilines is 2. The van der Waals surface area contributed by atoms with Gasteiger partial charge in [-0.05, 0) is 37.3 Å². The monoisotopic (exact) mass is 290 g/mol. The second kappa shape index (κ2) is 6.83. The Kier molecular flexibility index (Phi) is 5.10. The van der Waals surface area contributed by atoms with Crippen LogP contribution in [0.25, 0.3) is 0 Å². The lowest BCUT2D eigenvalue weighted by Crippen LogP contribution is -2.35.